The number of rotatable bonds is 3. The van der Waals surface area contributed by atoms with Crippen molar-refractivity contribution in [2.45, 2.75) is 46.1 Å². The Morgan fingerprint density at radius 1 is 1.46 bits per heavy atom. The molecule has 0 aromatic carbocycles. The van der Waals surface area contributed by atoms with Crippen LogP contribution >= 0.6 is 0 Å². The van der Waals surface area contributed by atoms with Crippen LogP contribution in [0.2, 0.25) is 0 Å². The molecule has 0 aromatic heterocycles. The van der Waals surface area contributed by atoms with E-state index in [4.69, 9.17) is 10.5 Å². The van der Waals surface area contributed by atoms with E-state index >= 15 is 0 Å². The molecule has 0 heterocycles. The molecular weight excluding hydrogens is 166 g/mol. The lowest BCUT2D eigenvalue weighted by atomic mass is 10.2. The number of esters is 1. The van der Waals surface area contributed by atoms with Gasteiger partial charge in [-0.2, -0.15) is 0 Å². The summed E-state index contributed by atoms with van der Waals surface area (Å²) in [5.41, 5.74) is 5.70. The summed E-state index contributed by atoms with van der Waals surface area (Å²) in [5.74, 6) is -0.363. The molecule has 0 saturated carbocycles. The zero-order valence-electron chi connectivity index (χ0n) is 8.89. The summed E-state index contributed by atoms with van der Waals surface area (Å²) in [7, 11) is 0. The maximum absolute atomic E-state index is 11.2. The molecule has 0 bridgehead atoms. The Kier molecular flexibility index (Phi) is 4.52. The predicted octanol–water partition coefficient (Wildman–Crippen LogP) is 1.97. The van der Waals surface area contributed by atoms with Gasteiger partial charge >= 0.3 is 5.97 Å². The van der Waals surface area contributed by atoms with E-state index in [0.717, 1.165) is 12.8 Å². The van der Waals surface area contributed by atoms with E-state index in [2.05, 4.69) is 0 Å². The molecule has 13 heavy (non-hydrogen) atoms. The second-order valence-corrected chi connectivity index (χ2v) is 4.00. The first-order valence-corrected chi connectivity index (χ1v) is 4.54. The quantitative estimate of drug-likeness (QED) is 0.540. The normalized spacial score (nSPS) is 12.8. The summed E-state index contributed by atoms with van der Waals surface area (Å²) in [6, 6.07) is 0. The summed E-state index contributed by atoms with van der Waals surface area (Å²) < 4.78 is 5.06. The van der Waals surface area contributed by atoms with E-state index < -0.39 is 5.60 Å². The second-order valence-electron chi connectivity index (χ2n) is 4.00. The largest absolute Gasteiger partial charge is 0.457 e. The van der Waals surface area contributed by atoms with Crippen molar-refractivity contribution >= 4 is 5.97 Å². The van der Waals surface area contributed by atoms with Gasteiger partial charge in [0.05, 0.1) is 0 Å². The van der Waals surface area contributed by atoms with Gasteiger partial charge in [0.2, 0.25) is 0 Å². The molecule has 0 saturated heterocycles. The van der Waals surface area contributed by atoms with Gasteiger partial charge < -0.3 is 10.5 Å². The fraction of sp³-hybridized carbons (Fsp3) is 0.700. The maximum atomic E-state index is 11.2. The standard InChI is InChI=1S/C10H19NO2/c1-5-6-8(11)7-9(12)13-10(2,3)4/h7H,5-6,11H2,1-4H3/b8-7-. The highest BCUT2D eigenvalue weighted by Crippen LogP contribution is 2.08. The van der Waals surface area contributed by atoms with Gasteiger partial charge in [-0.25, -0.2) is 4.79 Å². The topological polar surface area (TPSA) is 52.3 Å². The molecule has 0 unspecified atom stereocenters. The lowest BCUT2D eigenvalue weighted by Gasteiger charge is -2.18. The molecule has 0 radical (unpaired) electrons. The van der Waals surface area contributed by atoms with Crippen LogP contribution in [0.3, 0.4) is 0 Å². The van der Waals surface area contributed by atoms with Gasteiger partial charge in [-0.1, -0.05) is 13.3 Å². The van der Waals surface area contributed by atoms with E-state index in [0.29, 0.717) is 5.70 Å². The highest BCUT2D eigenvalue weighted by molar-refractivity contribution is 5.82. The Bertz CT molecular complexity index is 201. The summed E-state index contributed by atoms with van der Waals surface area (Å²) in [4.78, 5) is 11.2. The first kappa shape index (κ1) is 12.0. The number of nitrogens with two attached hydrogens (primary N) is 1. The zero-order chi connectivity index (χ0) is 10.5. The highest BCUT2D eigenvalue weighted by Gasteiger charge is 2.14. The van der Waals surface area contributed by atoms with E-state index in [1.165, 1.54) is 6.08 Å². The smallest absolute Gasteiger partial charge is 0.333 e. The van der Waals surface area contributed by atoms with Crippen LogP contribution in [-0.2, 0) is 9.53 Å². The molecule has 0 aliphatic rings. The molecule has 0 aliphatic carbocycles. The fourth-order valence-corrected chi connectivity index (χ4v) is 0.843. The summed E-state index contributed by atoms with van der Waals surface area (Å²) >= 11 is 0. The molecule has 0 spiro atoms. The third kappa shape index (κ3) is 7.37. The molecule has 2 N–H and O–H groups in total. The monoisotopic (exact) mass is 185 g/mol. The van der Waals surface area contributed by atoms with Crippen LogP contribution in [0.4, 0.5) is 0 Å². The van der Waals surface area contributed by atoms with Crippen LogP contribution in [0.25, 0.3) is 0 Å². The van der Waals surface area contributed by atoms with Gasteiger partial charge in [0.15, 0.2) is 0 Å². The molecule has 0 fully saturated rings. The number of carbonyl (C=O) groups is 1. The average Bonchev–Trinajstić information content (AvgIpc) is 1.81. The van der Waals surface area contributed by atoms with Crippen molar-refractivity contribution in [3.63, 3.8) is 0 Å². The lowest BCUT2D eigenvalue weighted by molar-refractivity contribution is -0.148. The van der Waals surface area contributed by atoms with Crippen LogP contribution in [0.5, 0.6) is 0 Å². The minimum atomic E-state index is -0.444. The number of hydrogen-bond acceptors (Lipinski definition) is 3. The van der Waals surface area contributed by atoms with Crippen LogP contribution in [-0.4, -0.2) is 11.6 Å². The van der Waals surface area contributed by atoms with Gasteiger partial charge in [-0.15, -0.1) is 0 Å². The molecule has 0 atom stereocenters. The molecule has 0 rings (SSSR count). The number of carbonyl (C=O) groups excluding carboxylic acids is 1. The average molecular weight is 185 g/mol. The molecule has 0 aliphatic heterocycles. The van der Waals surface area contributed by atoms with Crippen molar-refractivity contribution in [3.8, 4) is 0 Å². The molecule has 76 valence electrons. The van der Waals surface area contributed by atoms with Crippen molar-refractivity contribution < 1.29 is 9.53 Å². The summed E-state index contributed by atoms with van der Waals surface area (Å²) in [5, 5.41) is 0. The van der Waals surface area contributed by atoms with Gasteiger partial charge in [-0.3, -0.25) is 0 Å². The Labute approximate surface area is 79.9 Å². The minimum Gasteiger partial charge on any atom is -0.457 e. The molecule has 3 nitrogen and oxygen atoms in total. The fourth-order valence-electron chi connectivity index (χ4n) is 0.843. The zero-order valence-corrected chi connectivity index (χ0v) is 8.89. The SMILES string of the molecule is CCC/C(N)=C/C(=O)OC(C)(C)C. The molecule has 0 amide bonds. The number of allylic oxidation sites excluding steroid dienone is 1. The third-order valence-electron chi connectivity index (χ3n) is 1.25. The van der Waals surface area contributed by atoms with Crippen molar-refractivity contribution in [1.29, 1.82) is 0 Å². The van der Waals surface area contributed by atoms with E-state index in [-0.39, 0.29) is 5.97 Å². The molecule has 3 heteroatoms. The summed E-state index contributed by atoms with van der Waals surface area (Å²) in [6.07, 6.45) is 3.03. The van der Waals surface area contributed by atoms with Crippen LogP contribution < -0.4 is 5.73 Å². The lowest BCUT2D eigenvalue weighted by Crippen LogP contribution is -2.23. The first-order chi connectivity index (χ1) is 5.85. The van der Waals surface area contributed by atoms with Gasteiger partial charge in [0, 0.05) is 11.8 Å². The van der Waals surface area contributed by atoms with Crippen LogP contribution in [0.15, 0.2) is 11.8 Å². The van der Waals surface area contributed by atoms with Gasteiger partial charge in [0.1, 0.15) is 5.60 Å². The van der Waals surface area contributed by atoms with E-state index in [1.807, 2.05) is 27.7 Å². The number of hydrogen-bond donors (Lipinski definition) is 1. The van der Waals surface area contributed by atoms with Crippen LogP contribution in [0.1, 0.15) is 40.5 Å². The third-order valence-corrected chi connectivity index (χ3v) is 1.25. The Morgan fingerprint density at radius 3 is 2.38 bits per heavy atom. The predicted molar refractivity (Wildman–Crippen MR) is 53.0 cm³/mol. The Balaban J connectivity index is 4.07. The van der Waals surface area contributed by atoms with Gasteiger partial charge in [-0.05, 0) is 27.2 Å². The molecule has 0 aromatic rings. The van der Waals surface area contributed by atoms with Crippen molar-refractivity contribution in [2.75, 3.05) is 0 Å². The highest BCUT2D eigenvalue weighted by atomic mass is 16.6. The second kappa shape index (κ2) is 4.90. The molecular formula is C10H19NO2. The Hall–Kier alpha value is -0.990. The maximum Gasteiger partial charge on any atom is 0.333 e. The first-order valence-electron chi connectivity index (χ1n) is 4.54. The minimum absolute atomic E-state index is 0.363. The van der Waals surface area contributed by atoms with E-state index in [1.54, 1.807) is 0 Å². The van der Waals surface area contributed by atoms with Crippen molar-refractivity contribution in [2.24, 2.45) is 5.73 Å². The number of ether oxygens (including phenoxy) is 1. The van der Waals surface area contributed by atoms with Crippen molar-refractivity contribution in [1.82, 2.24) is 0 Å². The van der Waals surface area contributed by atoms with E-state index in [9.17, 15) is 4.79 Å². The summed E-state index contributed by atoms with van der Waals surface area (Å²) in [6.45, 7) is 7.49. The van der Waals surface area contributed by atoms with Crippen LogP contribution in [0, 0.1) is 0 Å². The Morgan fingerprint density at radius 2 is 2.00 bits per heavy atom. The van der Waals surface area contributed by atoms with Crippen molar-refractivity contribution in [3.05, 3.63) is 11.8 Å². The van der Waals surface area contributed by atoms with Gasteiger partial charge in [0.25, 0.3) is 0 Å².